The molecule has 1 saturated carbocycles. The standard InChI is InChI=1S/C21H24N4O3/c1-12-9-18-16(19-17(11-22-24-19)20(26)23-18)10-15(12)21(27)25-7-5-14(6-8-25)28-13-3-2-4-13/h9-11,13-14H,2-8H2,1H3,(H,22,24)(H,23,26). The maximum Gasteiger partial charge on any atom is 0.259 e. The summed E-state index contributed by atoms with van der Waals surface area (Å²) in [5, 5.41) is 8.19. The van der Waals surface area contributed by atoms with E-state index in [1.165, 1.54) is 25.5 Å². The number of H-pyrrole nitrogens is 2. The van der Waals surface area contributed by atoms with E-state index >= 15 is 0 Å². The van der Waals surface area contributed by atoms with E-state index in [-0.39, 0.29) is 17.6 Å². The van der Waals surface area contributed by atoms with Crippen molar-refractivity contribution in [3.05, 3.63) is 39.8 Å². The van der Waals surface area contributed by atoms with E-state index in [4.69, 9.17) is 4.74 Å². The lowest BCUT2D eigenvalue weighted by Crippen LogP contribution is -2.42. The predicted molar refractivity (Wildman–Crippen MR) is 107 cm³/mol. The van der Waals surface area contributed by atoms with Gasteiger partial charge in [-0.15, -0.1) is 0 Å². The Bertz CT molecular complexity index is 1100. The van der Waals surface area contributed by atoms with Crippen LogP contribution in [0.15, 0.2) is 23.1 Å². The van der Waals surface area contributed by atoms with E-state index in [0.717, 1.165) is 36.9 Å². The molecule has 7 nitrogen and oxygen atoms in total. The van der Waals surface area contributed by atoms with Crippen molar-refractivity contribution in [1.29, 1.82) is 0 Å². The number of amides is 1. The van der Waals surface area contributed by atoms with Crippen molar-refractivity contribution in [2.75, 3.05) is 13.1 Å². The molecule has 1 aromatic carbocycles. The summed E-state index contributed by atoms with van der Waals surface area (Å²) in [4.78, 5) is 30.2. The summed E-state index contributed by atoms with van der Waals surface area (Å²) in [5.41, 5.74) is 2.74. The van der Waals surface area contributed by atoms with Gasteiger partial charge >= 0.3 is 0 Å². The molecular formula is C21H24N4O3. The molecule has 2 fully saturated rings. The van der Waals surface area contributed by atoms with Crippen LogP contribution in [0.5, 0.6) is 0 Å². The van der Waals surface area contributed by atoms with Crippen molar-refractivity contribution in [3.63, 3.8) is 0 Å². The number of fused-ring (bicyclic) bond motifs is 3. The van der Waals surface area contributed by atoms with Crippen molar-refractivity contribution in [3.8, 4) is 0 Å². The number of carbonyl (C=O) groups excluding carboxylic acids is 1. The SMILES string of the molecule is Cc1cc2[nH]c(=O)c3cn[nH]c3c2cc1C(=O)N1CCC(OC2CCC2)CC1. The minimum Gasteiger partial charge on any atom is -0.375 e. The number of hydrogen-bond acceptors (Lipinski definition) is 4. The van der Waals surface area contributed by atoms with Gasteiger partial charge in [0, 0.05) is 24.0 Å². The Balaban J connectivity index is 1.41. The topological polar surface area (TPSA) is 91.1 Å². The number of aryl methyl sites for hydroxylation is 1. The van der Waals surface area contributed by atoms with Crippen molar-refractivity contribution in [2.45, 2.75) is 51.2 Å². The zero-order valence-electron chi connectivity index (χ0n) is 16.0. The molecule has 2 aliphatic rings. The van der Waals surface area contributed by atoms with Gasteiger partial charge in [-0.3, -0.25) is 14.7 Å². The number of carbonyl (C=O) groups is 1. The summed E-state index contributed by atoms with van der Waals surface area (Å²) >= 11 is 0. The van der Waals surface area contributed by atoms with Crippen LogP contribution in [0.3, 0.4) is 0 Å². The maximum atomic E-state index is 13.2. The van der Waals surface area contributed by atoms with Crippen LogP contribution in [-0.2, 0) is 4.74 Å². The van der Waals surface area contributed by atoms with Crippen LogP contribution in [0.2, 0.25) is 0 Å². The molecule has 0 spiro atoms. The first-order valence-electron chi connectivity index (χ1n) is 10.0. The highest BCUT2D eigenvalue weighted by Gasteiger charge is 2.28. The molecule has 0 radical (unpaired) electrons. The Labute approximate surface area is 162 Å². The number of aromatic nitrogens is 3. The molecular weight excluding hydrogens is 356 g/mol. The van der Waals surface area contributed by atoms with Crippen LogP contribution in [-0.4, -0.2) is 51.3 Å². The summed E-state index contributed by atoms with van der Waals surface area (Å²) in [6.45, 7) is 3.35. The smallest absolute Gasteiger partial charge is 0.259 e. The van der Waals surface area contributed by atoms with Crippen LogP contribution in [0.1, 0.15) is 48.0 Å². The fourth-order valence-electron chi connectivity index (χ4n) is 4.25. The minimum atomic E-state index is -0.178. The molecule has 5 rings (SSSR count). The zero-order valence-corrected chi connectivity index (χ0v) is 16.0. The van der Waals surface area contributed by atoms with Crippen molar-refractivity contribution in [1.82, 2.24) is 20.1 Å². The molecule has 0 atom stereocenters. The van der Waals surface area contributed by atoms with E-state index in [1.54, 1.807) is 0 Å². The van der Waals surface area contributed by atoms with Crippen LogP contribution >= 0.6 is 0 Å². The molecule has 146 valence electrons. The number of likely N-dealkylation sites (tertiary alicyclic amines) is 1. The average molecular weight is 380 g/mol. The van der Waals surface area contributed by atoms with Gasteiger partial charge in [0.15, 0.2) is 0 Å². The normalized spacial score (nSPS) is 18.7. The quantitative estimate of drug-likeness (QED) is 0.731. The molecule has 2 N–H and O–H groups in total. The van der Waals surface area contributed by atoms with Crippen molar-refractivity contribution >= 4 is 27.7 Å². The van der Waals surface area contributed by atoms with Crippen molar-refractivity contribution < 1.29 is 9.53 Å². The summed E-state index contributed by atoms with van der Waals surface area (Å²) in [5.74, 6) is 0.0420. The van der Waals surface area contributed by atoms with E-state index in [2.05, 4.69) is 15.2 Å². The molecule has 0 bridgehead atoms. The van der Waals surface area contributed by atoms with Gasteiger partial charge in [0.2, 0.25) is 0 Å². The van der Waals surface area contributed by atoms with Gasteiger partial charge in [0.25, 0.3) is 11.5 Å². The third-order valence-corrected chi connectivity index (χ3v) is 6.16. The van der Waals surface area contributed by atoms with Gasteiger partial charge in [-0.2, -0.15) is 5.10 Å². The van der Waals surface area contributed by atoms with E-state index in [1.807, 2.05) is 24.0 Å². The Morgan fingerprint density at radius 1 is 1.14 bits per heavy atom. The molecule has 3 aromatic rings. The molecule has 2 aromatic heterocycles. The van der Waals surface area contributed by atoms with Crippen LogP contribution in [0.4, 0.5) is 0 Å². The number of pyridine rings is 1. The van der Waals surface area contributed by atoms with Gasteiger partial charge < -0.3 is 14.6 Å². The summed E-state index contributed by atoms with van der Waals surface area (Å²) in [6.07, 6.45) is 7.66. The third kappa shape index (κ3) is 2.90. The van der Waals surface area contributed by atoms with E-state index < -0.39 is 0 Å². The number of aromatic amines is 2. The minimum absolute atomic E-state index is 0.0420. The zero-order chi connectivity index (χ0) is 19.3. The molecule has 1 saturated heterocycles. The van der Waals surface area contributed by atoms with Gasteiger partial charge in [-0.1, -0.05) is 0 Å². The largest absolute Gasteiger partial charge is 0.375 e. The van der Waals surface area contributed by atoms with Crippen LogP contribution < -0.4 is 5.56 Å². The summed E-state index contributed by atoms with van der Waals surface area (Å²) < 4.78 is 6.11. The first kappa shape index (κ1) is 17.4. The second-order valence-electron chi connectivity index (χ2n) is 8.01. The highest BCUT2D eigenvalue weighted by atomic mass is 16.5. The Morgan fingerprint density at radius 2 is 1.89 bits per heavy atom. The second-order valence-corrected chi connectivity index (χ2v) is 8.01. The lowest BCUT2D eigenvalue weighted by atomic mass is 9.95. The molecule has 28 heavy (non-hydrogen) atoms. The molecule has 7 heteroatoms. The Hall–Kier alpha value is -2.67. The number of piperidine rings is 1. The Morgan fingerprint density at radius 3 is 2.61 bits per heavy atom. The maximum absolute atomic E-state index is 13.2. The fourth-order valence-corrected chi connectivity index (χ4v) is 4.25. The Kier molecular flexibility index (Phi) is 4.19. The van der Waals surface area contributed by atoms with Crippen LogP contribution in [0.25, 0.3) is 21.8 Å². The monoisotopic (exact) mass is 380 g/mol. The number of nitrogens with zero attached hydrogens (tertiary/aromatic N) is 2. The van der Waals surface area contributed by atoms with Crippen LogP contribution in [0, 0.1) is 6.92 Å². The average Bonchev–Trinajstić information content (AvgIpc) is 3.15. The molecule has 1 aliphatic heterocycles. The van der Waals surface area contributed by atoms with Gasteiger partial charge in [-0.25, -0.2) is 0 Å². The number of benzene rings is 1. The first-order valence-corrected chi connectivity index (χ1v) is 10.0. The highest BCUT2D eigenvalue weighted by molar-refractivity contribution is 6.07. The lowest BCUT2D eigenvalue weighted by molar-refractivity contribution is -0.0705. The van der Waals surface area contributed by atoms with E-state index in [0.29, 0.717) is 28.1 Å². The summed E-state index contributed by atoms with van der Waals surface area (Å²) in [7, 11) is 0. The lowest BCUT2D eigenvalue weighted by Gasteiger charge is -2.36. The summed E-state index contributed by atoms with van der Waals surface area (Å²) in [6, 6.07) is 3.75. The number of nitrogens with one attached hydrogen (secondary N) is 2. The van der Waals surface area contributed by atoms with E-state index in [9.17, 15) is 9.59 Å². The first-order chi connectivity index (χ1) is 13.6. The number of ether oxygens (including phenoxy) is 1. The second kappa shape index (κ2) is 6.74. The fraction of sp³-hybridized carbons (Fsp3) is 0.476. The molecule has 0 unspecified atom stereocenters. The predicted octanol–water partition coefficient (Wildman–Crippen LogP) is 2.89. The third-order valence-electron chi connectivity index (χ3n) is 6.16. The highest BCUT2D eigenvalue weighted by Crippen LogP contribution is 2.28. The number of hydrogen-bond donors (Lipinski definition) is 2. The van der Waals surface area contributed by atoms with Gasteiger partial charge in [-0.05, 0) is 56.7 Å². The molecule has 1 amide bonds. The molecule has 1 aliphatic carbocycles. The van der Waals surface area contributed by atoms with Gasteiger partial charge in [0.1, 0.15) is 0 Å². The number of rotatable bonds is 3. The van der Waals surface area contributed by atoms with Crippen molar-refractivity contribution in [2.24, 2.45) is 0 Å². The molecule has 3 heterocycles. The van der Waals surface area contributed by atoms with Gasteiger partial charge in [0.05, 0.1) is 34.8 Å².